The van der Waals surface area contributed by atoms with E-state index in [-0.39, 0.29) is 0 Å². The summed E-state index contributed by atoms with van der Waals surface area (Å²) in [5.41, 5.74) is 6.10. The van der Waals surface area contributed by atoms with E-state index >= 15 is 0 Å². The minimum Gasteiger partial charge on any atom is -0.328 e. The van der Waals surface area contributed by atoms with Gasteiger partial charge < -0.3 is 5.73 Å². The summed E-state index contributed by atoms with van der Waals surface area (Å²) in [6, 6.07) is 1.88. The van der Waals surface area contributed by atoms with Crippen molar-refractivity contribution >= 4 is 11.3 Å². The Labute approximate surface area is 107 Å². The lowest BCUT2D eigenvalue weighted by atomic mass is 9.98. The van der Waals surface area contributed by atoms with Gasteiger partial charge in [-0.15, -0.1) is 11.3 Å². The van der Waals surface area contributed by atoms with Crippen molar-refractivity contribution < 1.29 is 0 Å². The highest BCUT2D eigenvalue weighted by molar-refractivity contribution is 7.11. The standard InChI is InChI=1S/C13H21N3S/c1-2-12-7-15-13(17-12)8-16-10-3-4-11(16)6-9(14)5-10/h7,9-11H,2-6,8,14H2,1H3. The average Bonchev–Trinajstić information content (AvgIpc) is 2.85. The highest BCUT2D eigenvalue weighted by Gasteiger charge is 2.39. The summed E-state index contributed by atoms with van der Waals surface area (Å²) in [5, 5.41) is 1.29. The number of aryl methyl sites for hydroxylation is 1. The SMILES string of the molecule is CCc1cnc(CN2C3CCC2CC(N)C3)s1. The summed E-state index contributed by atoms with van der Waals surface area (Å²) in [6.07, 6.45) is 8.19. The third-order valence-corrected chi connectivity index (χ3v) is 5.31. The normalized spacial score (nSPS) is 33.2. The zero-order valence-electron chi connectivity index (χ0n) is 10.4. The Hall–Kier alpha value is -0.450. The molecule has 94 valence electrons. The molecule has 0 aromatic carbocycles. The van der Waals surface area contributed by atoms with Crippen LogP contribution in [-0.2, 0) is 13.0 Å². The Morgan fingerprint density at radius 3 is 2.71 bits per heavy atom. The number of rotatable bonds is 3. The van der Waals surface area contributed by atoms with Gasteiger partial charge in [0.15, 0.2) is 0 Å². The summed E-state index contributed by atoms with van der Waals surface area (Å²) in [6.45, 7) is 3.24. The molecule has 4 heteroatoms. The molecule has 0 radical (unpaired) electrons. The van der Waals surface area contributed by atoms with Gasteiger partial charge >= 0.3 is 0 Å². The van der Waals surface area contributed by atoms with Gasteiger partial charge in [-0.05, 0) is 32.1 Å². The molecule has 1 aromatic heterocycles. The number of aromatic nitrogens is 1. The lowest BCUT2D eigenvalue weighted by molar-refractivity contribution is 0.120. The lowest BCUT2D eigenvalue weighted by Gasteiger charge is -2.37. The first kappa shape index (κ1) is 11.6. The Morgan fingerprint density at radius 2 is 2.12 bits per heavy atom. The van der Waals surface area contributed by atoms with Crippen LogP contribution >= 0.6 is 11.3 Å². The molecule has 2 aliphatic heterocycles. The molecular weight excluding hydrogens is 230 g/mol. The predicted molar refractivity (Wildman–Crippen MR) is 71.1 cm³/mol. The molecule has 2 saturated heterocycles. The maximum Gasteiger partial charge on any atom is 0.107 e. The zero-order chi connectivity index (χ0) is 11.8. The number of hydrogen-bond acceptors (Lipinski definition) is 4. The first-order valence-corrected chi connectivity index (χ1v) is 7.52. The number of nitrogens with two attached hydrogens (primary N) is 1. The summed E-state index contributed by atoms with van der Waals surface area (Å²) in [5.74, 6) is 0. The largest absolute Gasteiger partial charge is 0.328 e. The molecule has 0 aliphatic carbocycles. The van der Waals surface area contributed by atoms with Gasteiger partial charge in [-0.2, -0.15) is 0 Å². The van der Waals surface area contributed by atoms with E-state index in [0.29, 0.717) is 6.04 Å². The van der Waals surface area contributed by atoms with Crippen molar-refractivity contribution in [1.29, 1.82) is 0 Å². The molecule has 0 spiro atoms. The van der Waals surface area contributed by atoms with E-state index in [1.165, 1.54) is 35.6 Å². The maximum atomic E-state index is 6.10. The van der Waals surface area contributed by atoms with Crippen molar-refractivity contribution in [3.05, 3.63) is 16.1 Å². The smallest absolute Gasteiger partial charge is 0.107 e. The molecule has 3 nitrogen and oxygen atoms in total. The van der Waals surface area contributed by atoms with E-state index in [1.54, 1.807) is 0 Å². The molecule has 0 amide bonds. The monoisotopic (exact) mass is 251 g/mol. The van der Waals surface area contributed by atoms with E-state index < -0.39 is 0 Å². The quantitative estimate of drug-likeness (QED) is 0.895. The molecule has 2 unspecified atom stereocenters. The molecular formula is C13H21N3S. The highest BCUT2D eigenvalue weighted by atomic mass is 32.1. The van der Waals surface area contributed by atoms with Crippen molar-refractivity contribution in [2.24, 2.45) is 5.73 Å². The van der Waals surface area contributed by atoms with Crippen LogP contribution in [0, 0.1) is 0 Å². The topological polar surface area (TPSA) is 42.2 Å². The molecule has 2 N–H and O–H groups in total. The average molecular weight is 251 g/mol. The highest BCUT2D eigenvalue weighted by Crippen LogP contribution is 2.36. The lowest BCUT2D eigenvalue weighted by Crippen LogP contribution is -2.46. The molecule has 3 rings (SSSR count). The van der Waals surface area contributed by atoms with E-state index in [2.05, 4.69) is 16.8 Å². The van der Waals surface area contributed by atoms with Crippen LogP contribution < -0.4 is 5.73 Å². The number of hydrogen-bond donors (Lipinski definition) is 1. The van der Waals surface area contributed by atoms with Crippen LogP contribution in [0.5, 0.6) is 0 Å². The van der Waals surface area contributed by atoms with Crippen LogP contribution in [0.2, 0.25) is 0 Å². The van der Waals surface area contributed by atoms with Crippen molar-refractivity contribution in [1.82, 2.24) is 9.88 Å². The second kappa shape index (κ2) is 4.67. The summed E-state index contributed by atoms with van der Waals surface area (Å²) in [4.78, 5) is 8.60. The Bertz CT molecular complexity index is 376. The van der Waals surface area contributed by atoms with Crippen molar-refractivity contribution in [3.8, 4) is 0 Å². The van der Waals surface area contributed by atoms with Gasteiger partial charge in [-0.3, -0.25) is 4.90 Å². The van der Waals surface area contributed by atoms with Crippen LogP contribution in [0.4, 0.5) is 0 Å². The fourth-order valence-corrected chi connectivity index (χ4v) is 4.19. The van der Waals surface area contributed by atoms with Crippen LogP contribution in [0.15, 0.2) is 6.20 Å². The van der Waals surface area contributed by atoms with Gasteiger partial charge in [0.1, 0.15) is 5.01 Å². The molecule has 2 fully saturated rings. The molecule has 2 bridgehead atoms. The van der Waals surface area contributed by atoms with E-state index in [0.717, 1.165) is 25.0 Å². The molecule has 2 aliphatic rings. The predicted octanol–water partition coefficient (Wildman–Crippen LogP) is 2.16. The first-order valence-electron chi connectivity index (χ1n) is 6.71. The van der Waals surface area contributed by atoms with Crippen LogP contribution in [0.3, 0.4) is 0 Å². The number of fused-ring (bicyclic) bond motifs is 2. The summed E-state index contributed by atoms with van der Waals surface area (Å²) < 4.78 is 0. The summed E-state index contributed by atoms with van der Waals surface area (Å²) in [7, 11) is 0. The third kappa shape index (κ3) is 2.26. The number of piperidine rings is 1. The first-order chi connectivity index (χ1) is 8.26. The van der Waals surface area contributed by atoms with Gasteiger partial charge in [0.05, 0.1) is 6.54 Å². The van der Waals surface area contributed by atoms with E-state index in [4.69, 9.17) is 5.73 Å². The van der Waals surface area contributed by atoms with Crippen LogP contribution in [0.1, 0.15) is 42.5 Å². The van der Waals surface area contributed by atoms with Gasteiger partial charge in [0, 0.05) is 29.2 Å². The summed E-state index contributed by atoms with van der Waals surface area (Å²) >= 11 is 1.88. The molecule has 17 heavy (non-hydrogen) atoms. The van der Waals surface area contributed by atoms with E-state index in [1.807, 2.05) is 17.5 Å². The molecule has 2 atom stereocenters. The maximum absolute atomic E-state index is 6.10. The minimum absolute atomic E-state index is 0.436. The third-order valence-electron chi connectivity index (χ3n) is 4.19. The minimum atomic E-state index is 0.436. The fourth-order valence-electron chi connectivity index (χ4n) is 3.32. The van der Waals surface area contributed by atoms with Crippen LogP contribution in [-0.4, -0.2) is 28.0 Å². The van der Waals surface area contributed by atoms with Crippen molar-refractivity contribution in [2.45, 2.75) is 63.7 Å². The Kier molecular flexibility index (Phi) is 3.19. The molecule has 0 saturated carbocycles. The second-order valence-electron chi connectivity index (χ2n) is 5.36. The Morgan fingerprint density at radius 1 is 1.41 bits per heavy atom. The number of thiazole rings is 1. The van der Waals surface area contributed by atoms with E-state index in [9.17, 15) is 0 Å². The van der Waals surface area contributed by atoms with Gasteiger partial charge in [0.25, 0.3) is 0 Å². The zero-order valence-corrected chi connectivity index (χ0v) is 11.2. The fraction of sp³-hybridized carbons (Fsp3) is 0.769. The van der Waals surface area contributed by atoms with Gasteiger partial charge in [-0.25, -0.2) is 4.98 Å². The second-order valence-corrected chi connectivity index (χ2v) is 6.56. The number of nitrogens with zero attached hydrogens (tertiary/aromatic N) is 2. The van der Waals surface area contributed by atoms with Crippen molar-refractivity contribution in [3.63, 3.8) is 0 Å². The van der Waals surface area contributed by atoms with Gasteiger partial charge in [0.2, 0.25) is 0 Å². The Balaban J connectivity index is 1.69. The van der Waals surface area contributed by atoms with Gasteiger partial charge in [-0.1, -0.05) is 6.92 Å². The van der Waals surface area contributed by atoms with Crippen LogP contribution in [0.25, 0.3) is 0 Å². The molecule has 1 aromatic rings. The molecule has 3 heterocycles. The van der Waals surface area contributed by atoms with Crippen molar-refractivity contribution in [2.75, 3.05) is 0 Å².